The van der Waals surface area contributed by atoms with E-state index in [-0.39, 0.29) is 28.7 Å². The van der Waals surface area contributed by atoms with Gasteiger partial charge in [-0.2, -0.15) is 4.99 Å². The molecule has 0 unspecified atom stereocenters. The maximum absolute atomic E-state index is 12.0. The average Bonchev–Trinajstić information content (AvgIpc) is 2.98. The SMILES string of the molecule is CCCC(=O)N=C1S[C@H]2CS(=O)(=O)C[C@H]2N1c1ccc(CC)cc1. The number of anilines is 1. The van der Waals surface area contributed by atoms with Gasteiger partial charge in [0.2, 0.25) is 5.91 Å². The molecule has 0 saturated carbocycles. The van der Waals surface area contributed by atoms with E-state index in [1.807, 2.05) is 36.1 Å². The van der Waals surface area contributed by atoms with Gasteiger partial charge in [0, 0.05) is 17.4 Å². The van der Waals surface area contributed by atoms with Crippen molar-refractivity contribution in [2.24, 2.45) is 4.99 Å². The highest BCUT2D eigenvalue weighted by atomic mass is 32.2. The number of rotatable bonds is 4. The lowest BCUT2D eigenvalue weighted by Gasteiger charge is -2.24. The molecule has 5 nitrogen and oxygen atoms in total. The molecule has 2 atom stereocenters. The molecule has 0 spiro atoms. The lowest BCUT2D eigenvalue weighted by Crippen LogP contribution is -2.37. The molecule has 130 valence electrons. The number of sulfone groups is 1. The third kappa shape index (κ3) is 3.52. The molecule has 1 aromatic carbocycles. The zero-order valence-corrected chi connectivity index (χ0v) is 15.6. The molecule has 2 aliphatic rings. The number of carbonyl (C=O) groups is 1. The number of aryl methyl sites for hydroxylation is 1. The maximum atomic E-state index is 12.0. The first-order valence-electron chi connectivity index (χ1n) is 8.30. The summed E-state index contributed by atoms with van der Waals surface area (Å²) in [5.74, 6) is 0.145. The molecular formula is C17H22N2O3S2. The molecule has 24 heavy (non-hydrogen) atoms. The number of hydrogen-bond donors (Lipinski definition) is 0. The summed E-state index contributed by atoms with van der Waals surface area (Å²) in [4.78, 5) is 18.2. The lowest BCUT2D eigenvalue weighted by atomic mass is 10.1. The Kier molecular flexibility index (Phi) is 5.01. The van der Waals surface area contributed by atoms with Crippen LogP contribution in [0.4, 0.5) is 5.69 Å². The Bertz CT molecular complexity index is 757. The largest absolute Gasteiger partial charge is 0.316 e. The number of carbonyl (C=O) groups excluding carboxylic acids is 1. The molecular weight excluding hydrogens is 344 g/mol. The van der Waals surface area contributed by atoms with Crippen molar-refractivity contribution in [1.29, 1.82) is 0 Å². The molecule has 1 aromatic rings. The summed E-state index contributed by atoms with van der Waals surface area (Å²) in [7, 11) is -3.02. The first-order chi connectivity index (χ1) is 11.4. The fraction of sp³-hybridized carbons (Fsp3) is 0.529. The molecule has 2 fully saturated rings. The number of aliphatic imine (C=N–C) groups is 1. The highest BCUT2D eigenvalue weighted by Crippen LogP contribution is 2.41. The van der Waals surface area contributed by atoms with Crippen LogP contribution in [-0.4, -0.2) is 42.3 Å². The van der Waals surface area contributed by atoms with Crippen molar-refractivity contribution in [3.05, 3.63) is 29.8 Å². The van der Waals surface area contributed by atoms with Gasteiger partial charge in [0.15, 0.2) is 15.0 Å². The van der Waals surface area contributed by atoms with Gasteiger partial charge in [-0.25, -0.2) is 8.42 Å². The molecule has 7 heteroatoms. The first kappa shape index (κ1) is 17.5. The average molecular weight is 367 g/mol. The molecule has 0 aliphatic carbocycles. The predicted octanol–water partition coefficient (Wildman–Crippen LogP) is 2.65. The van der Waals surface area contributed by atoms with Gasteiger partial charge in [0.1, 0.15) is 0 Å². The van der Waals surface area contributed by atoms with Crippen LogP contribution in [0, 0.1) is 0 Å². The van der Waals surface area contributed by atoms with Gasteiger partial charge in [0.25, 0.3) is 0 Å². The smallest absolute Gasteiger partial charge is 0.248 e. The van der Waals surface area contributed by atoms with Crippen molar-refractivity contribution in [2.75, 3.05) is 16.4 Å². The Hall–Kier alpha value is -1.34. The third-order valence-corrected chi connectivity index (χ3v) is 7.58. The van der Waals surface area contributed by atoms with Crippen LogP contribution in [0.1, 0.15) is 32.3 Å². The highest BCUT2D eigenvalue weighted by Gasteiger charge is 2.49. The van der Waals surface area contributed by atoms with E-state index < -0.39 is 9.84 Å². The fourth-order valence-electron chi connectivity index (χ4n) is 3.14. The van der Waals surface area contributed by atoms with Crippen molar-refractivity contribution in [2.45, 2.75) is 44.4 Å². The minimum Gasteiger partial charge on any atom is -0.316 e. The van der Waals surface area contributed by atoms with Gasteiger partial charge in [-0.1, -0.05) is 37.7 Å². The van der Waals surface area contributed by atoms with Crippen molar-refractivity contribution < 1.29 is 13.2 Å². The summed E-state index contributed by atoms with van der Waals surface area (Å²) in [6.07, 6.45) is 2.12. The minimum absolute atomic E-state index is 0.0472. The maximum Gasteiger partial charge on any atom is 0.248 e. The molecule has 2 heterocycles. The molecule has 0 N–H and O–H groups in total. The Morgan fingerprint density at radius 3 is 2.58 bits per heavy atom. The molecule has 2 aliphatic heterocycles. The number of benzene rings is 1. The van der Waals surface area contributed by atoms with Crippen molar-refractivity contribution >= 4 is 38.4 Å². The van der Waals surface area contributed by atoms with E-state index in [0.717, 1.165) is 18.5 Å². The zero-order valence-electron chi connectivity index (χ0n) is 13.9. The first-order valence-corrected chi connectivity index (χ1v) is 11.0. The van der Waals surface area contributed by atoms with E-state index in [2.05, 4.69) is 11.9 Å². The predicted molar refractivity (Wildman–Crippen MR) is 99.5 cm³/mol. The molecule has 0 bridgehead atoms. The van der Waals surface area contributed by atoms with Crippen LogP contribution < -0.4 is 4.90 Å². The number of hydrogen-bond acceptors (Lipinski definition) is 4. The number of amidine groups is 1. The second-order valence-electron chi connectivity index (χ2n) is 6.23. The quantitative estimate of drug-likeness (QED) is 0.819. The molecule has 1 amide bonds. The Labute approximate surface area is 147 Å². The van der Waals surface area contributed by atoms with Crippen molar-refractivity contribution in [1.82, 2.24) is 0 Å². The topological polar surface area (TPSA) is 66.8 Å². The second kappa shape index (κ2) is 6.88. The van der Waals surface area contributed by atoms with Crippen molar-refractivity contribution in [3.8, 4) is 0 Å². The second-order valence-corrected chi connectivity index (χ2v) is 9.59. The van der Waals surface area contributed by atoms with Crippen LogP contribution >= 0.6 is 11.8 Å². The molecule has 3 rings (SSSR count). The molecule has 0 radical (unpaired) electrons. The summed E-state index contributed by atoms with van der Waals surface area (Å²) in [6, 6.07) is 7.93. The van der Waals surface area contributed by atoms with Crippen LogP contribution in [0.25, 0.3) is 0 Å². The monoisotopic (exact) mass is 366 g/mol. The van der Waals surface area contributed by atoms with Crippen LogP contribution in [0.5, 0.6) is 0 Å². The van der Waals surface area contributed by atoms with Gasteiger partial charge < -0.3 is 4.90 Å². The van der Waals surface area contributed by atoms with E-state index >= 15 is 0 Å². The minimum atomic E-state index is -3.02. The van der Waals surface area contributed by atoms with Gasteiger partial charge in [-0.15, -0.1) is 0 Å². The summed E-state index contributed by atoms with van der Waals surface area (Å²) in [5.41, 5.74) is 2.13. The van der Waals surface area contributed by atoms with E-state index in [9.17, 15) is 13.2 Å². The van der Waals surface area contributed by atoms with Crippen LogP contribution in [0.3, 0.4) is 0 Å². The van der Waals surface area contributed by atoms with E-state index in [0.29, 0.717) is 11.6 Å². The van der Waals surface area contributed by atoms with E-state index in [4.69, 9.17) is 0 Å². The number of fused-ring (bicyclic) bond motifs is 1. The van der Waals surface area contributed by atoms with Crippen molar-refractivity contribution in [3.63, 3.8) is 0 Å². The van der Waals surface area contributed by atoms with E-state index in [1.165, 1.54) is 17.3 Å². The Morgan fingerprint density at radius 2 is 1.96 bits per heavy atom. The van der Waals surface area contributed by atoms with Crippen LogP contribution in [-0.2, 0) is 21.1 Å². The van der Waals surface area contributed by atoms with Gasteiger partial charge in [-0.05, 0) is 30.5 Å². The number of nitrogens with zero attached hydrogens (tertiary/aromatic N) is 2. The fourth-order valence-corrected chi connectivity index (χ4v) is 7.07. The molecule has 0 aromatic heterocycles. The zero-order chi connectivity index (χ0) is 17.3. The summed E-state index contributed by atoms with van der Waals surface area (Å²) in [5, 5.41) is 0.594. The van der Waals surface area contributed by atoms with Gasteiger partial charge in [0.05, 0.1) is 17.5 Å². The summed E-state index contributed by atoms with van der Waals surface area (Å²) >= 11 is 1.43. The normalized spacial score (nSPS) is 26.8. The third-order valence-electron chi connectivity index (χ3n) is 4.37. The number of amides is 1. The summed E-state index contributed by atoms with van der Waals surface area (Å²) < 4.78 is 24.0. The Balaban J connectivity index is 1.96. The Morgan fingerprint density at radius 1 is 1.25 bits per heavy atom. The van der Waals surface area contributed by atoms with Crippen LogP contribution in [0.2, 0.25) is 0 Å². The summed E-state index contributed by atoms with van der Waals surface area (Å²) in [6.45, 7) is 4.04. The van der Waals surface area contributed by atoms with Gasteiger partial charge in [-0.3, -0.25) is 4.79 Å². The van der Waals surface area contributed by atoms with Crippen LogP contribution in [0.15, 0.2) is 29.3 Å². The standard InChI is InChI=1S/C17H22N2O3S2/c1-3-5-16(20)18-17-19(13-8-6-12(4-2)7-9-13)14-10-24(21,22)11-15(14)23-17/h6-9,14-15H,3-5,10-11H2,1-2H3/t14-,15+/m1/s1. The number of thioether (sulfide) groups is 1. The van der Waals surface area contributed by atoms with E-state index in [1.54, 1.807) is 0 Å². The van der Waals surface area contributed by atoms with Gasteiger partial charge >= 0.3 is 0 Å². The lowest BCUT2D eigenvalue weighted by molar-refractivity contribution is -0.117. The highest BCUT2D eigenvalue weighted by molar-refractivity contribution is 8.16. The molecule has 2 saturated heterocycles.